The molecule has 2 aromatic heterocycles. The Morgan fingerprint density at radius 2 is 2.08 bits per heavy atom. The molecule has 0 saturated heterocycles. The minimum atomic E-state index is -0.190. The van der Waals surface area contributed by atoms with E-state index in [0.29, 0.717) is 21.2 Å². The zero-order valence-corrected chi connectivity index (χ0v) is 14.9. The lowest BCUT2D eigenvalue weighted by atomic mass is 10.0. The summed E-state index contributed by atoms with van der Waals surface area (Å²) in [6.07, 6.45) is 3.63. The van der Waals surface area contributed by atoms with E-state index in [1.807, 2.05) is 29.6 Å². The number of amides is 1. The second-order valence-electron chi connectivity index (χ2n) is 6.25. The second-order valence-corrected chi connectivity index (χ2v) is 7.58. The number of nitrogens with one attached hydrogen (secondary N) is 1. The fourth-order valence-electron chi connectivity index (χ4n) is 2.95. The van der Waals surface area contributed by atoms with Crippen molar-refractivity contribution in [3.05, 3.63) is 63.0 Å². The SMILES string of the molecule is O=C(Cn1cnc2sccc2c1=O)N[C@H](c1ccc(Cl)cc1)C1CC1. The molecule has 2 heterocycles. The molecular weight excluding hydrogens is 358 g/mol. The van der Waals surface area contributed by atoms with Crippen LogP contribution in [0.1, 0.15) is 24.4 Å². The van der Waals surface area contributed by atoms with Crippen molar-refractivity contribution >= 4 is 39.1 Å². The van der Waals surface area contributed by atoms with Gasteiger partial charge in [0.25, 0.3) is 5.56 Å². The molecule has 1 saturated carbocycles. The lowest BCUT2D eigenvalue weighted by Gasteiger charge is -2.19. The number of carbonyl (C=O) groups excluding carboxylic acids is 1. The van der Waals surface area contributed by atoms with Gasteiger partial charge < -0.3 is 5.32 Å². The van der Waals surface area contributed by atoms with E-state index in [4.69, 9.17) is 11.6 Å². The predicted octanol–water partition coefficient (Wildman–Crippen LogP) is 3.38. The first-order valence-electron chi connectivity index (χ1n) is 8.09. The molecule has 0 spiro atoms. The van der Waals surface area contributed by atoms with E-state index < -0.39 is 0 Å². The third kappa shape index (κ3) is 3.45. The summed E-state index contributed by atoms with van der Waals surface area (Å²) >= 11 is 7.36. The summed E-state index contributed by atoms with van der Waals surface area (Å²) in [5.41, 5.74) is 0.856. The van der Waals surface area contributed by atoms with Crippen LogP contribution in [-0.4, -0.2) is 15.5 Å². The summed E-state index contributed by atoms with van der Waals surface area (Å²) in [5, 5.41) is 6.12. The lowest BCUT2D eigenvalue weighted by molar-refractivity contribution is -0.122. The number of hydrogen-bond donors (Lipinski definition) is 1. The second kappa shape index (κ2) is 6.61. The minimum Gasteiger partial charge on any atom is -0.347 e. The number of fused-ring (bicyclic) bond motifs is 1. The largest absolute Gasteiger partial charge is 0.347 e. The van der Waals surface area contributed by atoms with E-state index in [2.05, 4.69) is 10.3 Å². The first kappa shape index (κ1) is 16.3. The highest BCUT2D eigenvalue weighted by atomic mass is 35.5. The molecule has 1 aliphatic carbocycles. The van der Waals surface area contributed by atoms with Gasteiger partial charge in [-0.2, -0.15) is 0 Å². The summed E-state index contributed by atoms with van der Waals surface area (Å²) in [6, 6.07) is 9.24. The van der Waals surface area contributed by atoms with Crippen LogP contribution < -0.4 is 10.9 Å². The predicted molar refractivity (Wildman–Crippen MR) is 98.9 cm³/mol. The van der Waals surface area contributed by atoms with Crippen LogP contribution in [-0.2, 0) is 11.3 Å². The fourth-order valence-corrected chi connectivity index (χ4v) is 3.80. The van der Waals surface area contributed by atoms with Crippen molar-refractivity contribution in [1.29, 1.82) is 0 Å². The van der Waals surface area contributed by atoms with Crippen LogP contribution in [0, 0.1) is 5.92 Å². The van der Waals surface area contributed by atoms with E-state index in [1.165, 1.54) is 22.2 Å². The number of benzene rings is 1. The van der Waals surface area contributed by atoms with E-state index in [-0.39, 0.29) is 24.1 Å². The molecule has 1 atom stereocenters. The summed E-state index contributed by atoms with van der Waals surface area (Å²) in [7, 11) is 0. The first-order chi connectivity index (χ1) is 12.1. The van der Waals surface area contributed by atoms with Crippen LogP contribution in [0.5, 0.6) is 0 Å². The maximum absolute atomic E-state index is 12.5. The topological polar surface area (TPSA) is 64.0 Å². The molecule has 1 amide bonds. The van der Waals surface area contributed by atoms with Gasteiger partial charge in [-0.3, -0.25) is 14.2 Å². The molecule has 5 nitrogen and oxygen atoms in total. The molecule has 25 heavy (non-hydrogen) atoms. The number of halogens is 1. The van der Waals surface area contributed by atoms with E-state index in [1.54, 1.807) is 6.07 Å². The monoisotopic (exact) mass is 373 g/mol. The number of nitrogens with zero attached hydrogens (tertiary/aromatic N) is 2. The van der Waals surface area contributed by atoms with Gasteiger partial charge in [0.2, 0.25) is 5.91 Å². The molecule has 0 aliphatic heterocycles. The highest BCUT2D eigenvalue weighted by molar-refractivity contribution is 7.16. The van der Waals surface area contributed by atoms with Crippen molar-refractivity contribution in [3.8, 4) is 0 Å². The zero-order valence-electron chi connectivity index (χ0n) is 13.3. The molecule has 1 aliphatic rings. The average Bonchev–Trinajstić information content (AvgIpc) is 3.33. The molecular formula is C18H16ClN3O2S. The number of aromatic nitrogens is 2. The molecule has 0 bridgehead atoms. The highest BCUT2D eigenvalue weighted by Gasteiger charge is 2.33. The molecule has 0 unspecified atom stereocenters. The van der Waals surface area contributed by atoms with Crippen LogP contribution in [0.25, 0.3) is 10.2 Å². The molecule has 128 valence electrons. The zero-order chi connectivity index (χ0) is 17.4. The molecule has 7 heteroatoms. The Balaban J connectivity index is 1.52. The van der Waals surface area contributed by atoms with Crippen molar-refractivity contribution in [2.24, 2.45) is 5.92 Å². The van der Waals surface area contributed by atoms with E-state index in [0.717, 1.165) is 18.4 Å². The van der Waals surface area contributed by atoms with Crippen molar-refractivity contribution < 1.29 is 4.79 Å². The smallest absolute Gasteiger partial charge is 0.262 e. The maximum atomic E-state index is 12.5. The summed E-state index contributed by atoms with van der Waals surface area (Å²) in [5.74, 6) is 0.254. The summed E-state index contributed by atoms with van der Waals surface area (Å²) in [4.78, 5) is 29.8. The molecule has 1 N–H and O–H groups in total. The third-order valence-electron chi connectivity index (χ3n) is 4.40. The third-order valence-corrected chi connectivity index (χ3v) is 5.48. The van der Waals surface area contributed by atoms with E-state index >= 15 is 0 Å². The quantitative estimate of drug-likeness (QED) is 0.745. The number of thiophene rings is 1. The average molecular weight is 374 g/mol. The van der Waals surface area contributed by atoms with Gasteiger partial charge in [-0.25, -0.2) is 4.98 Å². The lowest BCUT2D eigenvalue weighted by Crippen LogP contribution is -2.35. The van der Waals surface area contributed by atoms with Gasteiger partial charge in [0.05, 0.1) is 17.8 Å². The van der Waals surface area contributed by atoms with Gasteiger partial charge in [0, 0.05) is 5.02 Å². The fraction of sp³-hybridized carbons (Fsp3) is 0.278. The maximum Gasteiger partial charge on any atom is 0.262 e. The number of carbonyl (C=O) groups is 1. The van der Waals surface area contributed by atoms with Gasteiger partial charge in [0.1, 0.15) is 11.4 Å². The summed E-state index contributed by atoms with van der Waals surface area (Å²) in [6.45, 7) is -0.0333. The van der Waals surface area contributed by atoms with Crippen LogP contribution in [0.2, 0.25) is 5.02 Å². The van der Waals surface area contributed by atoms with Gasteiger partial charge >= 0.3 is 0 Å². The molecule has 1 fully saturated rings. The Bertz CT molecular complexity index is 976. The molecule has 4 rings (SSSR count). The standard InChI is InChI=1S/C18H16ClN3O2S/c19-13-5-3-12(4-6-13)16(11-1-2-11)21-15(23)9-22-10-20-17-14(18(22)24)7-8-25-17/h3-8,10-11,16H,1-2,9H2,(H,21,23)/t16-/m0/s1. The Hall–Kier alpha value is -2.18. The van der Waals surface area contributed by atoms with Crippen molar-refractivity contribution in [2.45, 2.75) is 25.4 Å². The van der Waals surface area contributed by atoms with Gasteiger partial charge in [-0.1, -0.05) is 23.7 Å². The molecule has 3 aromatic rings. The van der Waals surface area contributed by atoms with Crippen LogP contribution >= 0.6 is 22.9 Å². The number of hydrogen-bond acceptors (Lipinski definition) is 4. The van der Waals surface area contributed by atoms with Gasteiger partial charge in [0.15, 0.2) is 0 Å². The van der Waals surface area contributed by atoms with E-state index in [9.17, 15) is 9.59 Å². The van der Waals surface area contributed by atoms with Crippen molar-refractivity contribution in [3.63, 3.8) is 0 Å². The Kier molecular flexibility index (Phi) is 4.31. The Morgan fingerprint density at radius 1 is 1.32 bits per heavy atom. The van der Waals surface area contributed by atoms with Crippen molar-refractivity contribution in [2.75, 3.05) is 0 Å². The molecule has 1 aromatic carbocycles. The Morgan fingerprint density at radius 3 is 2.80 bits per heavy atom. The van der Waals surface area contributed by atoms with Crippen molar-refractivity contribution in [1.82, 2.24) is 14.9 Å². The van der Waals surface area contributed by atoms with Crippen LogP contribution in [0.15, 0.2) is 46.8 Å². The van der Waals surface area contributed by atoms with Gasteiger partial charge in [-0.05, 0) is 47.9 Å². The first-order valence-corrected chi connectivity index (χ1v) is 9.35. The summed E-state index contributed by atoms with van der Waals surface area (Å²) < 4.78 is 1.36. The van der Waals surface area contributed by atoms with Gasteiger partial charge in [-0.15, -0.1) is 11.3 Å². The minimum absolute atomic E-state index is 0.0333. The normalized spacial score (nSPS) is 15.2. The Labute approximate surface area is 153 Å². The molecule has 0 radical (unpaired) electrons. The highest BCUT2D eigenvalue weighted by Crippen LogP contribution is 2.41. The van der Waals surface area contributed by atoms with Crippen LogP contribution in [0.3, 0.4) is 0 Å². The van der Waals surface area contributed by atoms with Crippen LogP contribution in [0.4, 0.5) is 0 Å². The number of rotatable bonds is 5.